The van der Waals surface area contributed by atoms with Gasteiger partial charge in [0, 0.05) is 57.1 Å². The van der Waals surface area contributed by atoms with Crippen LogP contribution in [-0.2, 0) is 0 Å². The van der Waals surface area contributed by atoms with Crippen LogP contribution < -0.4 is 10.6 Å². The third kappa shape index (κ3) is 5.68. The molecule has 0 saturated carbocycles. The van der Waals surface area contributed by atoms with E-state index in [0.717, 1.165) is 62.4 Å². The second-order valence-electron chi connectivity index (χ2n) is 7.48. The number of rotatable bonds is 8. The molecular weight excluding hydrogens is 380 g/mol. The zero-order valence-electron chi connectivity index (χ0n) is 17.4. The minimum atomic E-state index is 0.589. The van der Waals surface area contributed by atoms with E-state index in [1.54, 1.807) is 6.26 Å². The number of nitrogens with one attached hydrogen (secondary N) is 3. The largest absolute Gasteiger partial charge is 0.465 e. The van der Waals surface area contributed by atoms with Crippen molar-refractivity contribution in [3.63, 3.8) is 0 Å². The highest BCUT2D eigenvalue weighted by Crippen LogP contribution is 2.18. The van der Waals surface area contributed by atoms with Gasteiger partial charge in [0.1, 0.15) is 17.4 Å². The highest BCUT2D eigenvalue weighted by molar-refractivity contribution is 5.66. The smallest absolute Gasteiger partial charge is 0.156 e. The highest BCUT2D eigenvalue weighted by atomic mass is 16.3. The average molecular weight is 409 g/mol. The molecule has 0 bridgehead atoms. The lowest BCUT2D eigenvalue weighted by Crippen LogP contribution is -2.45. The predicted octanol–water partition coefficient (Wildman–Crippen LogP) is 2.67. The number of hydrogen-bond acceptors (Lipinski definition) is 8. The van der Waals surface area contributed by atoms with Crippen LogP contribution in [0.4, 0.5) is 17.5 Å². The number of likely N-dealkylation sites (N-methyl/N-ethyl adjacent to an activating group) is 1. The monoisotopic (exact) mass is 408 g/mol. The minimum absolute atomic E-state index is 0.589. The van der Waals surface area contributed by atoms with E-state index in [1.807, 2.05) is 43.3 Å². The van der Waals surface area contributed by atoms with Gasteiger partial charge >= 0.3 is 0 Å². The standard InChI is InChI=1S/C21H28N8O/c1-16-14-21(27-26-16)25-20-15-19(22-7-8-29-11-9-28(2)10-12-29)23-18(24-20)6-5-17-4-3-13-30-17/h3-6,13-15H,7-12H2,1-2H3,(H3,22,23,24,25,26,27). The van der Waals surface area contributed by atoms with E-state index in [9.17, 15) is 0 Å². The Bertz CT molecular complexity index is 957. The van der Waals surface area contributed by atoms with Gasteiger partial charge in [-0.3, -0.25) is 10.00 Å². The van der Waals surface area contributed by atoms with Gasteiger partial charge in [-0.25, -0.2) is 9.97 Å². The summed E-state index contributed by atoms with van der Waals surface area (Å²) in [6, 6.07) is 7.57. The maximum atomic E-state index is 5.36. The Balaban J connectivity index is 1.44. The van der Waals surface area contributed by atoms with Crippen LogP contribution in [0.1, 0.15) is 17.3 Å². The molecule has 0 atom stereocenters. The Morgan fingerprint density at radius 2 is 1.93 bits per heavy atom. The van der Waals surface area contributed by atoms with Gasteiger partial charge in [0.25, 0.3) is 0 Å². The summed E-state index contributed by atoms with van der Waals surface area (Å²) in [5.41, 5.74) is 0.981. The van der Waals surface area contributed by atoms with E-state index < -0.39 is 0 Å². The van der Waals surface area contributed by atoms with E-state index in [2.05, 4.69) is 47.6 Å². The number of aryl methyl sites for hydroxylation is 1. The molecule has 4 rings (SSSR count). The lowest BCUT2D eigenvalue weighted by atomic mass is 10.3. The Kier molecular flexibility index (Phi) is 6.41. The number of hydrogen-bond donors (Lipinski definition) is 3. The van der Waals surface area contributed by atoms with Gasteiger partial charge in [-0.2, -0.15) is 5.10 Å². The second-order valence-corrected chi connectivity index (χ2v) is 7.48. The second kappa shape index (κ2) is 9.55. The molecule has 3 aromatic heterocycles. The van der Waals surface area contributed by atoms with Crippen molar-refractivity contribution in [2.75, 3.05) is 56.9 Å². The Labute approximate surface area is 176 Å². The van der Waals surface area contributed by atoms with Crippen LogP contribution in [0, 0.1) is 6.92 Å². The molecule has 1 saturated heterocycles. The molecule has 1 aliphatic rings. The van der Waals surface area contributed by atoms with Crippen molar-refractivity contribution in [1.82, 2.24) is 30.0 Å². The normalized spacial score (nSPS) is 15.7. The molecule has 4 heterocycles. The molecule has 0 spiro atoms. The molecule has 158 valence electrons. The van der Waals surface area contributed by atoms with Gasteiger partial charge < -0.3 is 20.0 Å². The first-order valence-electron chi connectivity index (χ1n) is 10.2. The van der Waals surface area contributed by atoms with Crippen LogP contribution in [0.25, 0.3) is 12.2 Å². The molecule has 0 radical (unpaired) electrons. The van der Waals surface area contributed by atoms with Crippen LogP contribution in [0.2, 0.25) is 0 Å². The van der Waals surface area contributed by atoms with Crippen molar-refractivity contribution in [2.24, 2.45) is 0 Å². The summed E-state index contributed by atoms with van der Waals surface area (Å²) in [4.78, 5) is 14.0. The molecule has 9 nitrogen and oxygen atoms in total. The number of aromatic amines is 1. The number of furan rings is 1. The SMILES string of the molecule is Cc1cc(Nc2cc(NCCN3CCN(C)CC3)nc(C=Cc3ccco3)n2)n[nH]1. The molecule has 1 aliphatic heterocycles. The summed E-state index contributed by atoms with van der Waals surface area (Å²) in [5, 5.41) is 13.8. The van der Waals surface area contributed by atoms with Gasteiger partial charge in [0.2, 0.25) is 0 Å². The predicted molar refractivity (Wildman–Crippen MR) is 119 cm³/mol. The van der Waals surface area contributed by atoms with Crippen molar-refractivity contribution in [1.29, 1.82) is 0 Å². The van der Waals surface area contributed by atoms with Crippen molar-refractivity contribution >= 4 is 29.6 Å². The van der Waals surface area contributed by atoms with E-state index in [1.165, 1.54) is 0 Å². The van der Waals surface area contributed by atoms with E-state index >= 15 is 0 Å². The summed E-state index contributed by atoms with van der Waals surface area (Å²) in [6.07, 6.45) is 5.33. The molecule has 3 N–H and O–H groups in total. The molecule has 3 aromatic rings. The first kappa shape index (κ1) is 20.1. The quantitative estimate of drug-likeness (QED) is 0.523. The van der Waals surface area contributed by atoms with E-state index in [0.29, 0.717) is 11.6 Å². The summed E-state index contributed by atoms with van der Waals surface area (Å²) in [5.74, 6) is 3.51. The van der Waals surface area contributed by atoms with Gasteiger partial charge in [0.05, 0.1) is 6.26 Å². The molecule has 0 unspecified atom stereocenters. The van der Waals surface area contributed by atoms with E-state index in [4.69, 9.17) is 4.42 Å². The van der Waals surface area contributed by atoms with Crippen molar-refractivity contribution in [3.8, 4) is 0 Å². The first-order chi connectivity index (χ1) is 14.6. The van der Waals surface area contributed by atoms with Crippen molar-refractivity contribution in [3.05, 3.63) is 47.8 Å². The van der Waals surface area contributed by atoms with Crippen LogP contribution in [0.5, 0.6) is 0 Å². The van der Waals surface area contributed by atoms with Gasteiger partial charge in [-0.1, -0.05) is 0 Å². The molecule has 30 heavy (non-hydrogen) atoms. The van der Waals surface area contributed by atoms with E-state index in [-0.39, 0.29) is 0 Å². The molecule has 0 aromatic carbocycles. The van der Waals surface area contributed by atoms with Crippen molar-refractivity contribution < 1.29 is 4.42 Å². The molecule has 0 aliphatic carbocycles. The van der Waals surface area contributed by atoms with Crippen LogP contribution in [-0.4, -0.2) is 76.3 Å². The lowest BCUT2D eigenvalue weighted by Gasteiger charge is -2.32. The Morgan fingerprint density at radius 3 is 2.67 bits per heavy atom. The fraction of sp³-hybridized carbons (Fsp3) is 0.381. The van der Waals surface area contributed by atoms with Gasteiger partial charge in [-0.05, 0) is 38.3 Å². The number of nitrogens with zero attached hydrogens (tertiary/aromatic N) is 5. The lowest BCUT2D eigenvalue weighted by molar-refractivity contribution is 0.158. The maximum absolute atomic E-state index is 5.36. The maximum Gasteiger partial charge on any atom is 0.156 e. The van der Waals surface area contributed by atoms with Crippen LogP contribution in [0.15, 0.2) is 34.9 Å². The number of piperazine rings is 1. The molecule has 1 fully saturated rings. The Morgan fingerprint density at radius 1 is 1.10 bits per heavy atom. The van der Waals surface area contributed by atoms with Crippen LogP contribution in [0.3, 0.4) is 0 Å². The number of anilines is 3. The third-order valence-corrected chi connectivity index (χ3v) is 4.98. The summed E-state index contributed by atoms with van der Waals surface area (Å²) in [7, 11) is 2.17. The van der Waals surface area contributed by atoms with Crippen molar-refractivity contribution in [2.45, 2.75) is 6.92 Å². The molecule has 9 heteroatoms. The molecule has 0 amide bonds. The first-order valence-corrected chi connectivity index (χ1v) is 10.2. The highest BCUT2D eigenvalue weighted by Gasteiger charge is 2.13. The number of aromatic nitrogens is 4. The van der Waals surface area contributed by atoms with Gasteiger partial charge in [-0.15, -0.1) is 0 Å². The summed E-state index contributed by atoms with van der Waals surface area (Å²) < 4.78 is 5.36. The third-order valence-electron chi connectivity index (χ3n) is 4.98. The number of H-pyrrole nitrogens is 1. The fourth-order valence-corrected chi connectivity index (χ4v) is 3.26. The summed E-state index contributed by atoms with van der Waals surface area (Å²) in [6.45, 7) is 8.20. The Hall–Kier alpha value is -3.17. The topological polar surface area (TPSA) is 98.1 Å². The summed E-state index contributed by atoms with van der Waals surface area (Å²) >= 11 is 0. The van der Waals surface area contributed by atoms with Crippen LogP contribution >= 0.6 is 0 Å². The fourth-order valence-electron chi connectivity index (χ4n) is 3.26. The zero-order valence-corrected chi connectivity index (χ0v) is 17.4. The molecular formula is C21H28N8O. The minimum Gasteiger partial charge on any atom is -0.465 e. The van der Waals surface area contributed by atoms with Gasteiger partial charge in [0.15, 0.2) is 11.6 Å². The average Bonchev–Trinajstić information content (AvgIpc) is 3.40. The zero-order chi connectivity index (χ0) is 20.8.